The Morgan fingerprint density at radius 1 is 1.18 bits per heavy atom. The highest BCUT2D eigenvalue weighted by Gasteiger charge is 1.99. The SMILES string of the molecule is CCC.COC(C)c1ccccc1.COC=O. The predicted molar refractivity (Wildman–Crippen MR) is 70.9 cm³/mol. The molecule has 0 spiro atoms. The summed E-state index contributed by atoms with van der Waals surface area (Å²) in [6.45, 7) is 6.66. The lowest BCUT2D eigenvalue weighted by Crippen LogP contribution is -1.93. The smallest absolute Gasteiger partial charge is 0.292 e. The summed E-state index contributed by atoms with van der Waals surface area (Å²) in [5, 5.41) is 0. The zero-order valence-corrected chi connectivity index (χ0v) is 11.5. The van der Waals surface area contributed by atoms with Crippen LogP contribution in [0.3, 0.4) is 0 Å². The van der Waals surface area contributed by atoms with E-state index in [9.17, 15) is 0 Å². The Morgan fingerprint density at radius 3 is 1.88 bits per heavy atom. The molecule has 1 atom stereocenters. The standard InChI is InChI=1S/C9H12O.C3H8.C2H4O2/c1-8(10-2)9-6-4-3-5-7-9;1-3-2;1-4-2-3/h3-8H,1-2H3;3H2,1-2H3;2H,1H3. The Balaban J connectivity index is 0. The predicted octanol–water partition coefficient (Wildman–Crippen LogP) is 3.60. The van der Waals surface area contributed by atoms with Crippen LogP contribution >= 0.6 is 0 Å². The van der Waals surface area contributed by atoms with E-state index < -0.39 is 0 Å². The van der Waals surface area contributed by atoms with E-state index in [2.05, 4.69) is 30.7 Å². The van der Waals surface area contributed by atoms with E-state index in [1.807, 2.05) is 25.1 Å². The van der Waals surface area contributed by atoms with Crippen LogP contribution in [0.1, 0.15) is 38.9 Å². The van der Waals surface area contributed by atoms with Crippen molar-refractivity contribution in [1.29, 1.82) is 0 Å². The highest BCUT2D eigenvalue weighted by atomic mass is 16.5. The van der Waals surface area contributed by atoms with E-state index in [1.54, 1.807) is 7.11 Å². The summed E-state index contributed by atoms with van der Waals surface area (Å²) >= 11 is 0. The molecule has 1 rings (SSSR count). The molecule has 98 valence electrons. The van der Waals surface area contributed by atoms with Crippen molar-refractivity contribution in [2.24, 2.45) is 0 Å². The average molecular weight is 240 g/mol. The normalized spacial score (nSPS) is 9.94. The fourth-order valence-electron chi connectivity index (χ4n) is 0.860. The Morgan fingerprint density at radius 2 is 1.59 bits per heavy atom. The van der Waals surface area contributed by atoms with Gasteiger partial charge in [-0.15, -0.1) is 0 Å². The van der Waals surface area contributed by atoms with Crippen molar-refractivity contribution in [3.63, 3.8) is 0 Å². The first-order valence-electron chi connectivity index (χ1n) is 5.71. The summed E-state index contributed by atoms with van der Waals surface area (Å²) in [6, 6.07) is 10.2. The molecule has 0 aliphatic carbocycles. The highest BCUT2D eigenvalue weighted by molar-refractivity contribution is 5.36. The number of carbonyl (C=O) groups is 1. The Hall–Kier alpha value is -1.35. The molecule has 1 aromatic rings. The molecule has 0 amide bonds. The van der Waals surface area contributed by atoms with Gasteiger partial charge in [0.25, 0.3) is 6.47 Å². The number of methoxy groups -OCH3 is 2. The van der Waals surface area contributed by atoms with Crippen molar-refractivity contribution in [2.45, 2.75) is 33.3 Å². The minimum atomic E-state index is 0.209. The number of carbonyl (C=O) groups excluding carboxylic acids is 1. The molecule has 17 heavy (non-hydrogen) atoms. The second-order valence-corrected chi connectivity index (χ2v) is 3.33. The third kappa shape index (κ3) is 12.6. The van der Waals surface area contributed by atoms with E-state index in [1.165, 1.54) is 19.1 Å². The fraction of sp³-hybridized carbons (Fsp3) is 0.500. The third-order valence-electron chi connectivity index (χ3n) is 1.72. The lowest BCUT2D eigenvalue weighted by molar-refractivity contribution is -0.126. The lowest BCUT2D eigenvalue weighted by atomic mass is 10.1. The molecule has 3 heteroatoms. The van der Waals surface area contributed by atoms with Gasteiger partial charge >= 0.3 is 0 Å². The molecule has 1 aromatic carbocycles. The Kier molecular flexibility index (Phi) is 15.5. The first-order valence-corrected chi connectivity index (χ1v) is 5.71. The number of hydrogen-bond acceptors (Lipinski definition) is 3. The van der Waals surface area contributed by atoms with Gasteiger partial charge in [0.05, 0.1) is 13.2 Å². The topological polar surface area (TPSA) is 35.5 Å². The molecule has 0 fully saturated rings. The molecule has 3 nitrogen and oxygen atoms in total. The van der Waals surface area contributed by atoms with Crippen LogP contribution in [-0.4, -0.2) is 20.7 Å². The summed E-state index contributed by atoms with van der Waals surface area (Å²) in [5.41, 5.74) is 1.23. The summed E-state index contributed by atoms with van der Waals surface area (Å²) in [4.78, 5) is 8.95. The van der Waals surface area contributed by atoms with Crippen LogP contribution in [0.2, 0.25) is 0 Å². The van der Waals surface area contributed by atoms with Crippen LogP contribution in [0.4, 0.5) is 0 Å². The van der Waals surface area contributed by atoms with Gasteiger partial charge < -0.3 is 9.47 Å². The first kappa shape index (κ1) is 18.0. The molecule has 0 aliphatic rings. The zero-order valence-electron chi connectivity index (χ0n) is 11.5. The lowest BCUT2D eigenvalue weighted by Gasteiger charge is -2.07. The molecule has 0 bridgehead atoms. The van der Waals surface area contributed by atoms with Gasteiger partial charge in [-0.2, -0.15) is 0 Å². The van der Waals surface area contributed by atoms with Crippen molar-refractivity contribution in [3.05, 3.63) is 35.9 Å². The number of hydrogen-bond donors (Lipinski definition) is 0. The molecule has 0 aromatic heterocycles. The van der Waals surface area contributed by atoms with Gasteiger partial charge in [-0.25, -0.2) is 0 Å². The maximum atomic E-state index is 8.95. The first-order chi connectivity index (χ1) is 8.17. The monoisotopic (exact) mass is 240 g/mol. The number of benzene rings is 1. The van der Waals surface area contributed by atoms with Crippen molar-refractivity contribution < 1.29 is 14.3 Å². The molecule has 0 aliphatic heterocycles. The number of rotatable bonds is 3. The third-order valence-corrected chi connectivity index (χ3v) is 1.72. The summed E-state index contributed by atoms with van der Waals surface area (Å²) in [6.07, 6.45) is 1.46. The van der Waals surface area contributed by atoms with E-state index in [0.717, 1.165) is 0 Å². The van der Waals surface area contributed by atoms with E-state index in [4.69, 9.17) is 9.53 Å². The summed E-state index contributed by atoms with van der Waals surface area (Å²) in [5.74, 6) is 0. The van der Waals surface area contributed by atoms with Gasteiger partial charge in [0.2, 0.25) is 0 Å². The van der Waals surface area contributed by atoms with Crippen molar-refractivity contribution in [3.8, 4) is 0 Å². The molecule has 0 heterocycles. The van der Waals surface area contributed by atoms with Gasteiger partial charge in [0.15, 0.2) is 0 Å². The minimum absolute atomic E-state index is 0.209. The van der Waals surface area contributed by atoms with Gasteiger partial charge in [0.1, 0.15) is 0 Å². The zero-order chi connectivity index (χ0) is 13.5. The maximum Gasteiger partial charge on any atom is 0.292 e. The second-order valence-electron chi connectivity index (χ2n) is 3.33. The molecule has 0 radical (unpaired) electrons. The van der Waals surface area contributed by atoms with Crippen LogP contribution in [0.15, 0.2) is 30.3 Å². The van der Waals surface area contributed by atoms with Crippen molar-refractivity contribution in [1.82, 2.24) is 0 Å². The van der Waals surface area contributed by atoms with Crippen LogP contribution in [-0.2, 0) is 14.3 Å². The van der Waals surface area contributed by atoms with Gasteiger partial charge in [0, 0.05) is 7.11 Å². The molecule has 0 N–H and O–H groups in total. The van der Waals surface area contributed by atoms with Gasteiger partial charge in [-0.3, -0.25) is 4.79 Å². The molecule has 0 saturated carbocycles. The molecular formula is C14H24O3. The molecule has 1 unspecified atom stereocenters. The summed E-state index contributed by atoms with van der Waals surface area (Å²) in [7, 11) is 3.03. The largest absolute Gasteiger partial charge is 0.471 e. The number of ether oxygens (including phenoxy) is 2. The molecular weight excluding hydrogens is 216 g/mol. The van der Waals surface area contributed by atoms with Crippen molar-refractivity contribution in [2.75, 3.05) is 14.2 Å². The van der Waals surface area contributed by atoms with E-state index in [-0.39, 0.29) is 6.10 Å². The highest BCUT2D eigenvalue weighted by Crippen LogP contribution is 2.13. The fourth-order valence-corrected chi connectivity index (χ4v) is 0.860. The minimum Gasteiger partial charge on any atom is -0.471 e. The quantitative estimate of drug-likeness (QED) is 0.757. The maximum absolute atomic E-state index is 8.95. The molecule has 0 saturated heterocycles. The average Bonchev–Trinajstić information content (AvgIpc) is 2.40. The van der Waals surface area contributed by atoms with Crippen LogP contribution in [0, 0.1) is 0 Å². The summed E-state index contributed by atoms with van der Waals surface area (Å²) < 4.78 is 9.00. The van der Waals surface area contributed by atoms with E-state index in [0.29, 0.717) is 6.47 Å². The van der Waals surface area contributed by atoms with Crippen molar-refractivity contribution >= 4 is 6.47 Å². The van der Waals surface area contributed by atoms with Gasteiger partial charge in [-0.05, 0) is 12.5 Å². The van der Waals surface area contributed by atoms with E-state index >= 15 is 0 Å². The van der Waals surface area contributed by atoms with Crippen LogP contribution in [0.25, 0.3) is 0 Å². The van der Waals surface area contributed by atoms with Crippen LogP contribution in [0.5, 0.6) is 0 Å². The Labute approximate surface area is 105 Å². The van der Waals surface area contributed by atoms with Gasteiger partial charge in [-0.1, -0.05) is 50.6 Å². The Bertz CT molecular complexity index is 247. The second kappa shape index (κ2) is 14.6. The van der Waals surface area contributed by atoms with Crippen LogP contribution < -0.4 is 0 Å².